The topological polar surface area (TPSA) is 119 Å². The van der Waals surface area contributed by atoms with E-state index in [1.807, 2.05) is 11.9 Å². The van der Waals surface area contributed by atoms with Gasteiger partial charge >= 0.3 is 6.09 Å². The zero-order chi connectivity index (χ0) is 29.7. The first kappa shape index (κ1) is 29.4. The SMILES string of the molecule is COc1cc(OC)c(Cl)c(-c2ccc(OC(=O)Nc3ccc(CN(C)CC(=O)N(C)C)cn3)c3nccnc23)c1F. The molecule has 0 aliphatic heterocycles. The number of carbonyl (C=O) groups is 2. The highest BCUT2D eigenvalue weighted by molar-refractivity contribution is 6.35. The second-order valence-corrected chi connectivity index (χ2v) is 9.55. The molecule has 0 saturated carbocycles. The number of anilines is 1. The number of nitrogens with zero attached hydrogens (tertiary/aromatic N) is 5. The molecule has 4 aromatic rings. The van der Waals surface area contributed by atoms with Crippen molar-refractivity contribution in [1.29, 1.82) is 0 Å². The summed E-state index contributed by atoms with van der Waals surface area (Å²) in [6.07, 6.45) is 3.64. The summed E-state index contributed by atoms with van der Waals surface area (Å²) in [6, 6.07) is 7.75. The zero-order valence-corrected chi connectivity index (χ0v) is 23.8. The maximum absolute atomic E-state index is 15.4. The van der Waals surface area contributed by atoms with Crippen LogP contribution >= 0.6 is 11.6 Å². The molecule has 214 valence electrons. The van der Waals surface area contributed by atoms with Gasteiger partial charge in [-0.1, -0.05) is 17.7 Å². The van der Waals surface area contributed by atoms with Crippen LogP contribution in [0.1, 0.15) is 5.56 Å². The first-order valence-electron chi connectivity index (χ1n) is 12.3. The van der Waals surface area contributed by atoms with Gasteiger partial charge in [0, 0.05) is 56.4 Å². The molecule has 0 radical (unpaired) electrons. The van der Waals surface area contributed by atoms with Crippen LogP contribution in [0.5, 0.6) is 17.2 Å². The average molecular weight is 583 g/mol. The van der Waals surface area contributed by atoms with Crippen LogP contribution in [0.15, 0.2) is 48.9 Å². The minimum Gasteiger partial charge on any atom is -0.495 e. The van der Waals surface area contributed by atoms with Gasteiger partial charge in [0.15, 0.2) is 17.3 Å². The third-order valence-electron chi connectivity index (χ3n) is 6.05. The lowest BCUT2D eigenvalue weighted by molar-refractivity contribution is -0.129. The summed E-state index contributed by atoms with van der Waals surface area (Å²) in [5, 5.41) is 2.59. The van der Waals surface area contributed by atoms with Crippen LogP contribution in [-0.4, -0.2) is 78.7 Å². The highest BCUT2D eigenvalue weighted by atomic mass is 35.5. The van der Waals surface area contributed by atoms with E-state index in [9.17, 15) is 9.59 Å². The van der Waals surface area contributed by atoms with Crippen LogP contribution in [0.2, 0.25) is 5.02 Å². The Bertz CT molecular complexity index is 1560. The van der Waals surface area contributed by atoms with Gasteiger partial charge < -0.3 is 19.1 Å². The molecule has 0 aliphatic rings. The van der Waals surface area contributed by atoms with Crippen LogP contribution in [-0.2, 0) is 11.3 Å². The Morgan fingerprint density at radius 1 is 0.951 bits per heavy atom. The number of methoxy groups -OCH3 is 2. The first-order valence-corrected chi connectivity index (χ1v) is 12.7. The highest BCUT2D eigenvalue weighted by Crippen LogP contribution is 2.44. The Morgan fingerprint density at radius 3 is 2.29 bits per heavy atom. The average Bonchev–Trinajstić information content (AvgIpc) is 2.95. The van der Waals surface area contributed by atoms with Crippen LogP contribution < -0.4 is 19.5 Å². The van der Waals surface area contributed by atoms with E-state index in [0.29, 0.717) is 12.1 Å². The molecule has 0 aliphatic carbocycles. The number of ether oxygens (including phenoxy) is 3. The number of carbonyl (C=O) groups excluding carboxylic acids is 2. The van der Waals surface area contributed by atoms with Gasteiger partial charge in [-0.05, 0) is 30.8 Å². The molecule has 2 aromatic carbocycles. The molecule has 41 heavy (non-hydrogen) atoms. The van der Waals surface area contributed by atoms with Gasteiger partial charge in [-0.15, -0.1) is 0 Å². The number of halogens is 2. The summed E-state index contributed by atoms with van der Waals surface area (Å²) in [5.74, 6) is -0.224. The number of pyridine rings is 1. The Kier molecular flexibility index (Phi) is 9.15. The standard InChI is InChI=1S/C28H28ClFN6O5/c1-35(2)22(37)15-36(3)14-16-6-9-21(33-13-16)34-28(38)41-18-8-7-17(26-27(18)32-11-10-31-26)23-24(29)19(39-4)12-20(40-5)25(23)30/h6-13H,14-15H2,1-5H3,(H,33,34,38). The molecule has 13 heteroatoms. The van der Waals surface area contributed by atoms with E-state index >= 15 is 4.39 Å². The second-order valence-electron chi connectivity index (χ2n) is 9.18. The summed E-state index contributed by atoms with van der Waals surface area (Å²) in [5.41, 5.74) is 1.61. The minimum atomic E-state index is -0.814. The summed E-state index contributed by atoms with van der Waals surface area (Å²) in [7, 11) is 7.98. The molecule has 0 bridgehead atoms. The van der Waals surface area contributed by atoms with E-state index in [4.69, 9.17) is 25.8 Å². The lowest BCUT2D eigenvalue weighted by atomic mass is 10.0. The first-order chi connectivity index (χ1) is 19.6. The number of amides is 2. The van der Waals surface area contributed by atoms with Crippen molar-refractivity contribution >= 4 is 40.5 Å². The number of hydrogen-bond donors (Lipinski definition) is 1. The van der Waals surface area contributed by atoms with E-state index in [-0.39, 0.29) is 57.1 Å². The summed E-state index contributed by atoms with van der Waals surface area (Å²) < 4.78 is 31.3. The normalized spacial score (nSPS) is 10.9. The van der Waals surface area contributed by atoms with Crippen molar-refractivity contribution in [3.8, 4) is 28.4 Å². The smallest absolute Gasteiger partial charge is 0.418 e. The molecule has 1 N–H and O–H groups in total. The fourth-order valence-corrected chi connectivity index (χ4v) is 4.32. The largest absolute Gasteiger partial charge is 0.495 e. The van der Waals surface area contributed by atoms with Crippen molar-refractivity contribution in [3.05, 3.63) is 65.3 Å². The molecular weight excluding hydrogens is 555 g/mol. The molecular formula is C28H28ClFN6O5. The number of benzene rings is 2. The van der Waals surface area contributed by atoms with Gasteiger partial charge in [-0.2, -0.15) is 0 Å². The van der Waals surface area contributed by atoms with Crippen molar-refractivity contribution < 1.29 is 28.2 Å². The third-order valence-corrected chi connectivity index (χ3v) is 6.42. The Morgan fingerprint density at radius 2 is 1.66 bits per heavy atom. The van der Waals surface area contributed by atoms with Crippen LogP contribution in [0.4, 0.5) is 15.0 Å². The maximum atomic E-state index is 15.4. The zero-order valence-electron chi connectivity index (χ0n) is 23.1. The van der Waals surface area contributed by atoms with Crippen LogP contribution in [0.3, 0.4) is 0 Å². The van der Waals surface area contributed by atoms with Crippen molar-refractivity contribution in [3.63, 3.8) is 0 Å². The lowest BCUT2D eigenvalue weighted by Gasteiger charge is -2.18. The van der Waals surface area contributed by atoms with Gasteiger partial charge in [-0.3, -0.25) is 20.0 Å². The van der Waals surface area contributed by atoms with Crippen molar-refractivity contribution in [1.82, 2.24) is 24.8 Å². The van der Waals surface area contributed by atoms with E-state index < -0.39 is 11.9 Å². The number of hydrogen-bond acceptors (Lipinski definition) is 9. The highest BCUT2D eigenvalue weighted by Gasteiger charge is 2.24. The van der Waals surface area contributed by atoms with Crippen molar-refractivity contribution in [2.24, 2.45) is 0 Å². The fraction of sp³-hybridized carbons (Fsp3) is 0.250. The number of rotatable bonds is 9. The molecule has 0 spiro atoms. The quantitative estimate of drug-likeness (QED) is 0.301. The molecule has 2 aromatic heterocycles. The molecule has 2 amide bonds. The third kappa shape index (κ3) is 6.61. The molecule has 0 saturated heterocycles. The van der Waals surface area contributed by atoms with E-state index in [0.717, 1.165) is 5.56 Å². The minimum absolute atomic E-state index is 0.00498. The van der Waals surface area contributed by atoms with Gasteiger partial charge in [0.1, 0.15) is 22.6 Å². The number of aromatic nitrogens is 3. The predicted octanol–water partition coefficient (Wildman–Crippen LogP) is 4.63. The van der Waals surface area contributed by atoms with E-state index in [2.05, 4.69) is 20.3 Å². The van der Waals surface area contributed by atoms with Crippen LogP contribution in [0, 0.1) is 5.82 Å². The van der Waals surface area contributed by atoms with E-state index in [1.54, 1.807) is 32.4 Å². The summed E-state index contributed by atoms with van der Waals surface area (Å²) in [4.78, 5) is 40.9. The molecule has 4 rings (SSSR count). The van der Waals surface area contributed by atoms with E-state index in [1.165, 1.54) is 49.7 Å². The Balaban J connectivity index is 1.54. The summed E-state index contributed by atoms with van der Waals surface area (Å²) in [6.45, 7) is 0.761. The molecule has 11 nitrogen and oxygen atoms in total. The van der Waals surface area contributed by atoms with Crippen molar-refractivity contribution in [2.45, 2.75) is 6.54 Å². The second kappa shape index (κ2) is 12.7. The Hall–Kier alpha value is -4.55. The van der Waals surface area contributed by atoms with Crippen molar-refractivity contribution in [2.75, 3.05) is 47.2 Å². The molecule has 2 heterocycles. The van der Waals surface area contributed by atoms with Crippen LogP contribution in [0.25, 0.3) is 22.2 Å². The van der Waals surface area contributed by atoms with Gasteiger partial charge in [0.25, 0.3) is 0 Å². The summed E-state index contributed by atoms with van der Waals surface area (Å²) >= 11 is 6.48. The molecule has 0 unspecified atom stereocenters. The Labute approximate surface area is 240 Å². The lowest BCUT2D eigenvalue weighted by Crippen LogP contribution is -2.34. The monoisotopic (exact) mass is 582 g/mol. The van der Waals surface area contributed by atoms with Gasteiger partial charge in [0.2, 0.25) is 5.91 Å². The molecule has 0 fully saturated rings. The number of fused-ring (bicyclic) bond motifs is 1. The predicted molar refractivity (Wildman–Crippen MR) is 152 cm³/mol. The molecule has 0 atom stereocenters. The fourth-order valence-electron chi connectivity index (χ4n) is 4.00. The number of likely N-dealkylation sites (N-methyl/N-ethyl adjacent to an activating group) is 2. The van der Waals surface area contributed by atoms with Gasteiger partial charge in [-0.25, -0.2) is 19.2 Å². The maximum Gasteiger partial charge on any atom is 0.418 e. The van der Waals surface area contributed by atoms with Gasteiger partial charge in [0.05, 0.1) is 25.8 Å². The number of nitrogens with one attached hydrogen (secondary N) is 1.